The van der Waals surface area contributed by atoms with E-state index in [1.165, 1.54) is 0 Å². The summed E-state index contributed by atoms with van der Waals surface area (Å²) in [4.78, 5) is 0. The van der Waals surface area contributed by atoms with Crippen molar-refractivity contribution in [3.8, 4) is 0 Å². The Kier molecular flexibility index (Phi) is 7.45. The summed E-state index contributed by atoms with van der Waals surface area (Å²) in [6.45, 7) is 9.81. The van der Waals surface area contributed by atoms with Crippen molar-refractivity contribution < 1.29 is 14.2 Å². The molecule has 3 heteroatoms. The molecule has 0 saturated carbocycles. The van der Waals surface area contributed by atoms with Gasteiger partial charge in [0.05, 0.1) is 12.7 Å². The minimum atomic E-state index is -0.127. The fraction of sp³-hybridized carbons (Fsp3) is 1.00. The van der Waals surface area contributed by atoms with E-state index in [9.17, 15) is 0 Å². The molecular formula is C9H20O3. The standard InChI is InChI=1S/C9H20O3/c1-5-10-8(3)7-12-9(4)11-6-2/h8-9H,5-7H2,1-4H3. The van der Waals surface area contributed by atoms with Crippen LogP contribution in [0.25, 0.3) is 0 Å². The highest BCUT2D eigenvalue weighted by molar-refractivity contribution is 4.46. The lowest BCUT2D eigenvalue weighted by atomic mass is 10.4. The normalized spacial score (nSPS) is 16.0. The van der Waals surface area contributed by atoms with Gasteiger partial charge in [0.1, 0.15) is 0 Å². The number of hydrogen-bond acceptors (Lipinski definition) is 3. The predicted molar refractivity (Wildman–Crippen MR) is 48.1 cm³/mol. The second-order valence-corrected chi connectivity index (χ2v) is 2.62. The first kappa shape index (κ1) is 11.9. The van der Waals surface area contributed by atoms with Gasteiger partial charge in [0.15, 0.2) is 6.29 Å². The molecule has 0 aliphatic rings. The first-order valence-corrected chi connectivity index (χ1v) is 4.55. The Balaban J connectivity index is 3.27. The van der Waals surface area contributed by atoms with E-state index in [0.29, 0.717) is 13.2 Å². The molecule has 0 radical (unpaired) electrons. The molecule has 0 amide bonds. The molecule has 0 rings (SSSR count). The third kappa shape index (κ3) is 6.58. The van der Waals surface area contributed by atoms with E-state index in [1.54, 1.807) is 0 Å². The van der Waals surface area contributed by atoms with E-state index < -0.39 is 0 Å². The van der Waals surface area contributed by atoms with E-state index in [1.807, 2.05) is 27.7 Å². The maximum Gasteiger partial charge on any atom is 0.154 e. The molecule has 0 saturated heterocycles. The molecule has 0 aliphatic heterocycles. The van der Waals surface area contributed by atoms with Crippen LogP contribution >= 0.6 is 0 Å². The maximum absolute atomic E-state index is 5.35. The predicted octanol–water partition coefficient (Wildman–Crippen LogP) is 1.81. The van der Waals surface area contributed by atoms with Gasteiger partial charge in [-0.1, -0.05) is 0 Å². The van der Waals surface area contributed by atoms with Crippen LogP contribution in [0.2, 0.25) is 0 Å². The Bertz CT molecular complexity index is 83.8. The largest absolute Gasteiger partial charge is 0.376 e. The molecule has 0 bridgehead atoms. The third-order valence-electron chi connectivity index (χ3n) is 1.42. The average Bonchev–Trinajstić information content (AvgIpc) is 2.02. The van der Waals surface area contributed by atoms with Crippen LogP contribution in [-0.4, -0.2) is 32.2 Å². The monoisotopic (exact) mass is 176 g/mol. The lowest BCUT2D eigenvalue weighted by Gasteiger charge is -2.16. The van der Waals surface area contributed by atoms with Crippen molar-refractivity contribution >= 4 is 0 Å². The molecule has 2 unspecified atom stereocenters. The second kappa shape index (κ2) is 7.53. The smallest absolute Gasteiger partial charge is 0.154 e. The van der Waals surface area contributed by atoms with Gasteiger partial charge in [-0.05, 0) is 27.7 Å². The summed E-state index contributed by atoms with van der Waals surface area (Å²) < 4.78 is 15.8. The van der Waals surface area contributed by atoms with Gasteiger partial charge in [-0.25, -0.2) is 0 Å². The highest BCUT2D eigenvalue weighted by Gasteiger charge is 2.04. The molecule has 0 heterocycles. The zero-order valence-corrected chi connectivity index (χ0v) is 8.50. The quantitative estimate of drug-likeness (QED) is 0.554. The van der Waals surface area contributed by atoms with E-state index >= 15 is 0 Å². The minimum absolute atomic E-state index is 0.127. The van der Waals surface area contributed by atoms with Crippen LogP contribution in [0, 0.1) is 0 Å². The van der Waals surface area contributed by atoms with Gasteiger partial charge in [0, 0.05) is 13.2 Å². The van der Waals surface area contributed by atoms with Crippen LogP contribution in [0.15, 0.2) is 0 Å². The third-order valence-corrected chi connectivity index (χ3v) is 1.42. The molecule has 0 aromatic carbocycles. The van der Waals surface area contributed by atoms with Crippen LogP contribution < -0.4 is 0 Å². The van der Waals surface area contributed by atoms with Gasteiger partial charge < -0.3 is 14.2 Å². The van der Waals surface area contributed by atoms with Crippen molar-refractivity contribution in [2.45, 2.75) is 40.1 Å². The van der Waals surface area contributed by atoms with Crippen LogP contribution in [0.5, 0.6) is 0 Å². The van der Waals surface area contributed by atoms with Crippen molar-refractivity contribution in [1.29, 1.82) is 0 Å². The lowest BCUT2D eigenvalue weighted by Crippen LogP contribution is -2.21. The number of ether oxygens (including phenoxy) is 3. The Morgan fingerprint density at radius 1 is 0.917 bits per heavy atom. The van der Waals surface area contributed by atoms with Gasteiger partial charge in [-0.2, -0.15) is 0 Å². The average molecular weight is 176 g/mol. The van der Waals surface area contributed by atoms with E-state index in [0.717, 1.165) is 6.61 Å². The van der Waals surface area contributed by atoms with E-state index in [4.69, 9.17) is 14.2 Å². The van der Waals surface area contributed by atoms with Crippen LogP contribution in [0.4, 0.5) is 0 Å². The second-order valence-electron chi connectivity index (χ2n) is 2.62. The van der Waals surface area contributed by atoms with Crippen molar-refractivity contribution in [3.63, 3.8) is 0 Å². The van der Waals surface area contributed by atoms with E-state index in [-0.39, 0.29) is 12.4 Å². The number of rotatable bonds is 7. The summed E-state index contributed by atoms with van der Waals surface area (Å²) in [5.74, 6) is 0. The van der Waals surface area contributed by atoms with Crippen LogP contribution in [0.3, 0.4) is 0 Å². The molecule has 0 N–H and O–H groups in total. The highest BCUT2D eigenvalue weighted by Crippen LogP contribution is 1.97. The Morgan fingerprint density at radius 3 is 2.00 bits per heavy atom. The van der Waals surface area contributed by atoms with Crippen LogP contribution in [0.1, 0.15) is 27.7 Å². The molecule has 0 fully saturated rings. The molecule has 0 aromatic heterocycles. The van der Waals surface area contributed by atoms with Gasteiger partial charge in [-0.15, -0.1) is 0 Å². The highest BCUT2D eigenvalue weighted by atomic mass is 16.7. The molecule has 0 aromatic rings. The van der Waals surface area contributed by atoms with Crippen LogP contribution in [-0.2, 0) is 14.2 Å². The van der Waals surface area contributed by atoms with Gasteiger partial charge in [0.25, 0.3) is 0 Å². The fourth-order valence-corrected chi connectivity index (χ4v) is 0.886. The topological polar surface area (TPSA) is 27.7 Å². The first-order valence-electron chi connectivity index (χ1n) is 4.55. The summed E-state index contributed by atoms with van der Waals surface area (Å²) >= 11 is 0. The molecule has 3 nitrogen and oxygen atoms in total. The SMILES string of the molecule is CCOC(C)COC(C)OCC. The Morgan fingerprint density at radius 2 is 1.50 bits per heavy atom. The Hall–Kier alpha value is -0.120. The summed E-state index contributed by atoms with van der Waals surface area (Å²) in [5.41, 5.74) is 0. The number of hydrogen-bond donors (Lipinski definition) is 0. The first-order chi connectivity index (χ1) is 5.70. The van der Waals surface area contributed by atoms with Crippen molar-refractivity contribution in [2.75, 3.05) is 19.8 Å². The Labute approximate surface area is 75.0 Å². The van der Waals surface area contributed by atoms with Gasteiger partial charge >= 0.3 is 0 Å². The molecule has 2 atom stereocenters. The summed E-state index contributed by atoms with van der Waals surface area (Å²) in [6.07, 6.45) is 0.0239. The molecule has 74 valence electrons. The van der Waals surface area contributed by atoms with Gasteiger partial charge in [0.2, 0.25) is 0 Å². The summed E-state index contributed by atoms with van der Waals surface area (Å²) in [6, 6.07) is 0. The van der Waals surface area contributed by atoms with Crippen molar-refractivity contribution in [3.05, 3.63) is 0 Å². The van der Waals surface area contributed by atoms with Crippen molar-refractivity contribution in [2.24, 2.45) is 0 Å². The van der Waals surface area contributed by atoms with Crippen molar-refractivity contribution in [1.82, 2.24) is 0 Å². The molecule has 12 heavy (non-hydrogen) atoms. The zero-order chi connectivity index (χ0) is 9.40. The zero-order valence-electron chi connectivity index (χ0n) is 8.50. The summed E-state index contributed by atoms with van der Waals surface area (Å²) in [5, 5.41) is 0. The molecule has 0 aliphatic carbocycles. The fourth-order valence-electron chi connectivity index (χ4n) is 0.886. The maximum atomic E-state index is 5.35. The minimum Gasteiger partial charge on any atom is -0.376 e. The lowest BCUT2D eigenvalue weighted by molar-refractivity contribution is -0.147. The van der Waals surface area contributed by atoms with E-state index in [2.05, 4.69) is 0 Å². The van der Waals surface area contributed by atoms with Gasteiger partial charge in [-0.3, -0.25) is 0 Å². The molecule has 0 spiro atoms. The molecular weight excluding hydrogens is 156 g/mol. The summed E-state index contributed by atoms with van der Waals surface area (Å²) in [7, 11) is 0.